The summed E-state index contributed by atoms with van der Waals surface area (Å²) in [5.41, 5.74) is 2.76. The molecule has 3 aromatic heterocycles. The van der Waals surface area contributed by atoms with Gasteiger partial charge in [-0.25, -0.2) is 9.97 Å². The maximum atomic E-state index is 13.5. The fourth-order valence-corrected chi connectivity index (χ4v) is 4.15. The Hall–Kier alpha value is -3.15. The Morgan fingerprint density at radius 1 is 1.15 bits per heavy atom. The van der Waals surface area contributed by atoms with Gasteiger partial charge in [0, 0.05) is 49.3 Å². The summed E-state index contributed by atoms with van der Waals surface area (Å²) in [7, 11) is 1.99. The average Bonchev–Trinajstić information content (AvgIpc) is 3.32. The van der Waals surface area contributed by atoms with Crippen molar-refractivity contribution in [3.8, 4) is 0 Å². The van der Waals surface area contributed by atoms with E-state index in [4.69, 9.17) is 4.98 Å². The molecule has 0 saturated carbocycles. The second-order valence-corrected chi connectivity index (χ2v) is 7.17. The van der Waals surface area contributed by atoms with Crippen molar-refractivity contribution in [1.82, 2.24) is 23.8 Å². The highest BCUT2D eigenvalue weighted by molar-refractivity contribution is 6.07. The number of rotatable bonds is 2. The summed E-state index contributed by atoms with van der Waals surface area (Å²) in [5, 5.41) is 1.01. The standard InChI is InChI=1S/C21H21N5O/c1-24-14-16(15-6-2-3-7-18(15)24)20(27)26-11-5-4-8-19(26)17-9-12-25-13-10-22-21(25)23-17/h2-3,6-7,9-10,12-14,19H,4-5,8,11H2,1H3/t19-/m0/s1. The lowest BCUT2D eigenvalue weighted by molar-refractivity contribution is 0.0608. The van der Waals surface area contributed by atoms with Gasteiger partial charge in [-0.2, -0.15) is 0 Å². The maximum Gasteiger partial charge on any atom is 0.256 e. The summed E-state index contributed by atoms with van der Waals surface area (Å²) in [6.45, 7) is 0.758. The Morgan fingerprint density at radius 3 is 2.96 bits per heavy atom. The molecule has 0 aliphatic carbocycles. The zero-order valence-electron chi connectivity index (χ0n) is 15.2. The highest BCUT2D eigenvalue weighted by Gasteiger charge is 2.31. The number of hydrogen-bond acceptors (Lipinski definition) is 3. The lowest BCUT2D eigenvalue weighted by Gasteiger charge is -2.35. The van der Waals surface area contributed by atoms with E-state index in [-0.39, 0.29) is 11.9 Å². The van der Waals surface area contributed by atoms with Gasteiger partial charge in [0.25, 0.3) is 5.91 Å². The lowest BCUT2D eigenvalue weighted by Crippen LogP contribution is -2.38. The van der Waals surface area contributed by atoms with Crippen molar-refractivity contribution in [3.05, 3.63) is 66.4 Å². The highest BCUT2D eigenvalue weighted by Crippen LogP contribution is 2.33. The zero-order valence-corrected chi connectivity index (χ0v) is 15.2. The van der Waals surface area contributed by atoms with E-state index in [0.29, 0.717) is 5.78 Å². The Bertz CT molecular complexity index is 1140. The van der Waals surface area contributed by atoms with Crippen LogP contribution in [-0.4, -0.2) is 36.3 Å². The SMILES string of the molecule is Cn1cc(C(=O)N2CCCC[C@H]2c2ccn3ccnc3n2)c2ccccc21. The van der Waals surface area contributed by atoms with E-state index in [1.807, 2.05) is 69.8 Å². The number of hydrogen-bond donors (Lipinski definition) is 0. The van der Waals surface area contributed by atoms with Crippen molar-refractivity contribution in [1.29, 1.82) is 0 Å². The molecule has 27 heavy (non-hydrogen) atoms. The van der Waals surface area contributed by atoms with E-state index in [2.05, 4.69) is 4.98 Å². The largest absolute Gasteiger partial charge is 0.350 e. The molecule has 0 spiro atoms. The highest BCUT2D eigenvalue weighted by atomic mass is 16.2. The summed E-state index contributed by atoms with van der Waals surface area (Å²) >= 11 is 0. The molecule has 1 aliphatic heterocycles. The topological polar surface area (TPSA) is 55.4 Å². The molecule has 4 heterocycles. The summed E-state index contributed by atoms with van der Waals surface area (Å²) in [5.74, 6) is 0.761. The normalized spacial score (nSPS) is 17.7. The van der Waals surface area contributed by atoms with Crippen LogP contribution in [0.3, 0.4) is 0 Å². The summed E-state index contributed by atoms with van der Waals surface area (Å²) in [6, 6.07) is 10.1. The number of piperidine rings is 1. The van der Waals surface area contributed by atoms with Gasteiger partial charge in [-0.3, -0.25) is 9.20 Å². The molecule has 1 atom stereocenters. The molecule has 4 aromatic rings. The van der Waals surface area contributed by atoms with Gasteiger partial charge in [0.1, 0.15) is 0 Å². The van der Waals surface area contributed by atoms with Gasteiger partial charge in [0.15, 0.2) is 0 Å². The third-order valence-corrected chi connectivity index (χ3v) is 5.52. The van der Waals surface area contributed by atoms with E-state index in [1.54, 1.807) is 6.20 Å². The average molecular weight is 359 g/mol. The zero-order chi connectivity index (χ0) is 18.4. The predicted octanol–water partition coefficient (Wildman–Crippen LogP) is 3.59. The first kappa shape index (κ1) is 16.1. The Balaban J connectivity index is 1.55. The molecule has 0 unspecified atom stereocenters. The third-order valence-electron chi connectivity index (χ3n) is 5.52. The first-order valence-corrected chi connectivity index (χ1v) is 9.37. The number of aryl methyl sites for hydroxylation is 1. The quantitative estimate of drug-likeness (QED) is 0.550. The van der Waals surface area contributed by atoms with Crippen LogP contribution < -0.4 is 0 Å². The van der Waals surface area contributed by atoms with Gasteiger partial charge in [-0.1, -0.05) is 18.2 Å². The molecule has 1 aliphatic rings. The fraction of sp³-hybridized carbons (Fsp3) is 0.286. The van der Waals surface area contributed by atoms with Crippen LogP contribution in [0.1, 0.15) is 41.4 Å². The Kier molecular flexibility index (Phi) is 3.70. The van der Waals surface area contributed by atoms with Crippen LogP contribution in [-0.2, 0) is 7.05 Å². The minimum absolute atomic E-state index is 0.00748. The molecule has 1 saturated heterocycles. The Morgan fingerprint density at radius 2 is 2.04 bits per heavy atom. The van der Waals surface area contributed by atoms with Crippen molar-refractivity contribution in [3.63, 3.8) is 0 Å². The Labute approximate surface area is 157 Å². The molecule has 5 rings (SSSR count). The van der Waals surface area contributed by atoms with Crippen LogP contribution in [0.4, 0.5) is 0 Å². The minimum atomic E-state index is -0.00748. The number of imidazole rings is 1. The molecule has 6 heteroatoms. The number of carbonyl (C=O) groups excluding carboxylic acids is 1. The molecule has 136 valence electrons. The molecule has 1 fully saturated rings. The number of benzene rings is 1. The van der Waals surface area contributed by atoms with Crippen LogP contribution in [0, 0.1) is 0 Å². The monoisotopic (exact) mass is 359 g/mol. The molecule has 0 radical (unpaired) electrons. The number of para-hydroxylation sites is 1. The first-order chi connectivity index (χ1) is 13.2. The number of nitrogens with zero attached hydrogens (tertiary/aromatic N) is 5. The van der Waals surface area contributed by atoms with Crippen molar-refractivity contribution < 1.29 is 4.79 Å². The van der Waals surface area contributed by atoms with E-state index >= 15 is 0 Å². The van der Waals surface area contributed by atoms with E-state index < -0.39 is 0 Å². The number of amides is 1. The summed E-state index contributed by atoms with van der Waals surface area (Å²) in [6.07, 6.45) is 10.6. The van der Waals surface area contributed by atoms with E-state index in [9.17, 15) is 4.79 Å². The fourth-order valence-electron chi connectivity index (χ4n) is 4.15. The van der Waals surface area contributed by atoms with Crippen molar-refractivity contribution in [2.75, 3.05) is 6.54 Å². The summed E-state index contributed by atoms with van der Waals surface area (Å²) < 4.78 is 3.92. The summed E-state index contributed by atoms with van der Waals surface area (Å²) in [4.78, 5) is 24.5. The van der Waals surface area contributed by atoms with Crippen molar-refractivity contribution in [2.24, 2.45) is 7.05 Å². The van der Waals surface area contributed by atoms with Gasteiger partial charge in [0.05, 0.1) is 17.3 Å². The van der Waals surface area contributed by atoms with Crippen LogP contribution in [0.2, 0.25) is 0 Å². The number of likely N-dealkylation sites (tertiary alicyclic amines) is 1. The van der Waals surface area contributed by atoms with Crippen molar-refractivity contribution >= 4 is 22.6 Å². The van der Waals surface area contributed by atoms with Crippen LogP contribution in [0.25, 0.3) is 16.7 Å². The second-order valence-electron chi connectivity index (χ2n) is 7.17. The molecular formula is C21H21N5O. The van der Waals surface area contributed by atoms with Gasteiger partial charge in [-0.15, -0.1) is 0 Å². The van der Waals surface area contributed by atoms with Crippen molar-refractivity contribution in [2.45, 2.75) is 25.3 Å². The van der Waals surface area contributed by atoms with Crippen LogP contribution in [0.15, 0.2) is 55.1 Å². The number of carbonyl (C=O) groups is 1. The van der Waals surface area contributed by atoms with Gasteiger partial charge in [-0.05, 0) is 31.4 Å². The minimum Gasteiger partial charge on any atom is -0.350 e. The van der Waals surface area contributed by atoms with E-state index in [0.717, 1.165) is 48.0 Å². The number of fused-ring (bicyclic) bond motifs is 2. The molecule has 1 amide bonds. The lowest BCUT2D eigenvalue weighted by atomic mass is 9.98. The molecule has 1 aromatic carbocycles. The van der Waals surface area contributed by atoms with Crippen LogP contribution in [0.5, 0.6) is 0 Å². The molecule has 6 nitrogen and oxygen atoms in total. The smallest absolute Gasteiger partial charge is 0.256 e. The van der Waals surface area contributed by atoms with Gasteiger partial charge >= 0.3 is 0 Å². The maximum absolute atomic E-state index is 13.5. The molecule has 0 N–H and O–H groups in total. The van der Waals surface area contributed by atoms with Gasteiger partial charge in [0.2, 0.25) is 5.78 Å². The van der Waals surface area contributed by atoms with Gasteiger partial charge < -0.3 is 9.47 Å². The second kappa shape index (κ2) is 6.23. The predicted molar refractivity (Wildman–Crippen MR) is 104 cm³/mol. The molecule has 0 bridgehead atoms. The van der Waals surface area contributed by atoms with E-state index in [1.165, 1.54) is 0 Å². The third kappa shape index (κ3) is 2.60. The molecular weight excluding hydrogens is 338 g/mol. The first-order valence-electron chi connectivity index (χ1n) is 9.37. The number of aromatic nitrogens is 4. The van der Waals surface area contributed by atoms with Crippen LogP contribution >= 0.6 is 0 Å².